The molecule has 5 rings (SSSR count). The Balaban J connectivity index is 1.40. The number of rotatable bonds is 6. The maximum atomic E-state index is 13.6. The molecule has 3 heterocycles. The number of aromatic nitrogens is 1. The molecule has 2 aromatic rings. The standard InChI is InChI=1S/C24H25F3N4O2S/c25-24(26,27)20-7-19(4-3-17(20)8-28)31-9-18-5-6-30(22(32)21-11-34-15-29-21)12-23(18,13-31)14-33-10-16-1-2-16/h3-4,7,11,15-16,18H,1-2,5-6,9-10,12-14H2/t18-,23+/m0/s1. The zero-order chi connectivity index (χ0) is 23.9. The topological polar surface area (TPSA) is 69.5 Å². The van der Waals surface area contributed by atoms with Gasteiger partial charge in [0.25, 0.3) is 5.91 Å². The molecule has 34 heavy (non-hydrogen) atoms. The number of anilines is 1. The SMILES string of the molecule is N#Cc1ccc(N2C[C@@H]3CCN(C(=O)c4cscn4)C[C@]3(COCC3CC3)C2)cc1C(F)(F)F. The van der Waals surface area contributed by atoms with E-state index in [4.69, 9.17) is 10.00 Å². The van der Waals surface area contributed by atoms with Gasteiger partial charge in [0, 0.05) is 49.3 Å². The third-order valence-electron chi connectivity index (χ3n) is 7.24. The highest BCUT2D eigenvalue weighted by molar-refractivity contribution is 7.07. The zero-order valence-corrected chi connectivity index (χ0v) is 19.4. The summed E-state index contributed by atoms with van der Waals surface area (Å²) < 4.78 is 46.8. The number of nitriles is 1. The average molecular weight is 491 g/mol. The van der Waals surface area contributed by atoms with Crippen LogP contribution in [0.15, 0.2) is 29.1 Å². The molecule has 0 radical (unpaired) electrons. The third-order valence-corrected chi connectivity index (χ3v) is 7.83. The molecule has 1 amide bonds. The Bertz CT molecular complexity index is 1100. The van der Waals surface area contributed by atoms with Crippen LogP contribution in [-0.2, 0) is 10.9 Å². The van der Waals surface area contributed by atoms with Crippen LogP contribution in [0.25, 0.3) is 0 Å². The highest BCUT2D eigenvalue weighted by atomic mass is 32.1. The minimum Gasteiger partial charge on any atom is -0.380 e. The number of carbonyl (C=O) groups is 1. The van der Waals surface area contributed by atoms with Crippen molar-refractivity contribution in [1.29, 1.82) is 5.26 Å². The Hall–Kier alpha value is -2.64. The van der Waals surface area contributed by atoms with Gasteiger partial charge in [-0.05, 0) is 49.3 Å². The quantitative estimate of drug-likeness (QED) is 0.599. The van der Waals surface area contributed by atoms with Crippen LogP contribution in [0.3, 0.4) is 0 Å². The lowest BCUT2D eigenvalue weighted by Crippen LogP contribution is -2.53. The van der Waals surface area contributed by atoms with Crippen LogP contribution in [0.4, 0.5) is 18.9 Å². The van der Waals surface area contributed by atoms with Crippen molar-refractivity contribution >= 4 is 22.9 Å². The van der Waals surface area contributed by atoms with E-state index in [1.54, 1.807) is 23.0 Å². The monoisotopic (exact) mass is 490 g/mol. The average Bonchev–Trinajstić information content (AvgIpc) is 3.32. The molecule has 180 valence electrons. The summed E-state index contributed by atoms with van der Waals surface area (Å²) in [6, 6.07) is 5.55. The second-order valence-electron chi connectivity index (χ2n) is 9.63. The first-order valence-corrected chi connectivity index (χ1v) is 12.3. The summed E-state index contributed by atoms with van der Waals surface area (Å²) in [5, 5.41) is 10.9. The van der Waals surface area contributed by atoms with Crippen molar-refractivity contribution in [2.45, 2.75) is 25.4 Å². The van der Waals surface area contributed by atoms with E-state index >= 15 is 0 Å². The fourth-order valence-electron chi connectivity index (χ4n) is 5.21. The van der Waals surface area contributed by atoms with Crippen molar-refractivity contribution in [3.05, 3.63) is 45.9 Å². The number of piperidine rings is 1. The van der Waals surface area contributed by atoms with Crippen molar-refractivity contribution in [3.63, 3.8) is 0 Å². The van der Waals surface area contributed by atoms with E-state index in [-0.39, 0.29) is 22.8 Å². The van der Waals surface area contributed by atoms with Gasteiger partial charge in [-0.15, -0.1) is 11.3 Å². The Morgan fingerprint density at radius 2 is 2.12 bits per heavy atom. The van der Waals surface area contributed by atoms with Crippen LogP contribution in [0.2, 0.25) is 0 Å². The number of fused-ring (bicyclic) bond motifs is 1. The van der Waals surface area contributed by atoms with Crippen LogP contribution in [0, 0.1) is 28.6 Å². The Morgan fingerprint density at radius 1 is 1.29 bits per heavy atom. The van der Waals surface area contributed by atoms with E-state index < -0.39 is 11.7 Å². The van der Waals surface area contributed by atoms with Crippen LogP contribution in [0.1, 0.15) is 40.9 Å². The van der Waals surface area contributed by atoms with Gasteiger partial charge in [-0.1, -0.05) is 0 Å². The van der Waals surface area contributed by atoms with Crippen LogP contribution in [0.5, 0.6) is 0 Å². The molecule has 3 aliphatic rings. The summed E-state index contributed by atoms with van der Waals surface area (Å²) in [7, 11) is 0. The molecule has 6 nitrogen and oxygen atoms in total. The molecule has 0 bridgehead atoms. The number of amides is 1. The number of likely N-dealkylation sites (tertiary alicyclic amines) is 1. The summed E-state index contributed by atoms with van der Waals surface area (Å²) in [5.74, 6) is 0.671. The molecule has 3 fully saturated rings. The molecule has 0 unspecified atom stereocenters. The number of alkyl halides is 3. The van der Waals surface area contributed by atoms with Crippen molar-refractivity contribution in [2.24, 2.45) is 17.3 Å². The van der Waals surface area contributed by atoms with Crippen molar-refractivity contribution < 1.29 is 22.7 Å². The van der Waals surface area contributed by atoms with Gasteiger partial charge in [-0.2, -0.15) is 18.4 Å². The fraction of sp³-hybridized carbons (Fsp3) is 0.542. The number of hydrogen-bond acceptors (Lipinski definition) is 6. The Labute approximate surface area is 199 Å². The predicted molar refractivity (Wildman–Crippen MR) is 120 cm³/mol. The summed E-state index contributed by atoms with van der Waals surface area (Å²) >= 11 is 1.37. The first-order valence-electron chi connectivity index (χ1n) is 11.4. The maximum Gasteiger partial charge on any atom is 0.417 e. The highest BCUT2D eigenvalue weighted by Crippen LogP contribution is 2.45. The summed E-state index contributed by atoms with van der Waals surface area (Å²) in [6.07, 6.45) is -1.51. The normalized spacial score (nSPS) is 24.7. The molecule has 1 aromatic carbocycles. The minimum atomic E-state index is -4.60. The molecular weight excluding hydrogens is 465 g/mol. The number of carbonyl (C=O) groups excluding carboxylic acids is 1. The zero-order valence-electron chi connectivity index (χ0n) is 18.6. The van der Waals surface area contributed by atoms with Gasteiger partial charge < -0.3 is 14.5 Å². The number of hydrogen-bond donors (Lipinski definition) is 0. The van der Waals surface area contributed by atoms with E-state index in [0.29, 0.717) is 56.7 Å². The summed E-state index contributed by atoms with van der Waals surface area (Å²) in [6.45, 7) is 3.30. The molecule has 0 N–H and O–H groups in total. The molecule has 2 saturated heterocycles. The van der Waals surface area contributed by atoms with Gasteiger partial charge in [-0.3, -0.25) is 4.79 Å². The van der Waals surface area contributed by atoms with Gasteiger partial charge in [0.05, 0.1) is 29.3 Å². The number of halogens is 3. The second kappa shape index (κ2) is 8.86. The highest BCUT2D eigenvalue weighted by Gasteiger charge is 2.51. The predicted octanol–water partition coefficient (Wildman–Crippen LogP) is 4.43. The second-order valence-corrected chi connectivity index (χ2v) is 10.3. The molecule has 10 heteroatoms. The molecular formula is C24H25F3N4O2S. The van der Waals surface area contributed by atoms with E-state index in [1.165, 1.54) is 30.2 Å². The van der Waals surface area contributed by atoms with Crippen LogP contribution >= 0.6 is 11.3 Å². The number of benzene rings is 1. The number of ether oxygens (including phenoxy) is 1. The maximum absolute atomic E-state index is 13.6. The lowest BCUT2D eigenvalue weighted by Gasteiger charge is -2.43. The lowest BCUT2D eigenvalue weighted by molar-refractivity contribution is -0.137. The largest absolute Gasteiger partial charge is 0.417 e. The molecule has 1 aliphatic carbocycles. The Morgan fingerprint density at radius 3 is 2.79 bits per heavy atom. The molecule has 2 aliphatic heterocycles. The molecule has 2 atom stereocenters. The first-order chi connectivity index (χ1) is 16.3. The van der Waals surface area contributed by atoms with Crippen LogP contribution in [-0.4, -0.2) is 55.2 Å². The van der Waals surface area contributed by atoms with E-state index in [0.717, 1.165) is 12.5 Å². The van der Waals surface area contributed by atoms with Gasteiger partial charge in [0.15, 0.2) is 0 Å². The van der Waals surface area contributed by atoms with Gasteiger partial charge in [0.1, 0.15) is 5.69 Å². The van der Waals surface area contributed by atoms with Crippen molar-refractivity contribution in [1.82, 2.24) is 9.88 Å². The lowest BCUT2D eigenvalue weighted by atomic mass is 9.74. The molecule has 1 aromatic heterocycles. The van der Waals surface area contributed by atoms with E-state index in [1.807, 2.05) is 9.80 Å². The minimum absolute atomic E-state index is 0.113. The smallest absolute Gasteiger partial charge is 0.380 e. The summed E-state index contributed by atoms with van der Waals surface area (Å²) in [5.41, 5.74) is 0.839. The number of nitrogens with zero attached hydrogens (tertiary/aromatic N) is 4. The molecule has 0 spiro atoms. The Kier molecular flexibility index (Phi) is 6.02. The fourth-order valence-corrected chi connectivity index (χ4v) is 5.74. The van der Waals surface area contributed by atoms with E-state index in [9.17, 15) is 18.0 Å². The summed E-state index contributed by atoms with van der Waals surface area (Å²) in [4.78, 5) is 20.9. The number of thiazole rings is 1. The van der Waals surface area contributed by atoms with Gasteiger partial charge in [0.2, 0.25) is 0 Å². The van der Waals surface area contributed by atoms with Crippen molar-refractivity contribution in [3.8, 4) is 6.07 Å². The first kappa shape index (κ1) is 23.1. The van der Waals surface area contributed by atoms with Gasteiger partial charge >= 0.3 is 6.18 Å². The third kappa shape index (κ3) is 4.51. The van der Waals surface area contributed by atoms with Crippen molar-refractivity contribution in [2.75, 3.05) is 44.3 Å². The van der Waals surface area contributed by atoms with Crippen LogP contribution < -0.4 is 4.90 Å². The molecule has 1 saturated carbocycles. The van der Waals surface area contributed by atoms with Gasteiger partial charge in [-0.25, -0.2) is 4.98 Å². The van der Waals surface area contributed by atoms with E-state index in [2.05, 4.69) is 4.98 Å².